The van der Waals surface area contributed by atoms with E-state index in [0.717, 1.165) is 39.9 Å². The number of rotatable bonds is 4. The quantitative estimate of drug-likeness (QED) is 0.480. The van der Waals surface area contributed by atoms with Gasteiger partial charge in [-0.1, -0.05) is 23.4 Å². The third-order valence-corrected chi connectivity index (χ3v) is 4.90. The number of esters is 1. The summed E-state index contributed by atoms with van der Waals surface area (Å²) in [5.74, 6) is 1.11. The first-order valence-electron chi connectivity index (χ1n) is 9.31. The fraction of sp³-hybridized carbons (Fsp3) is 0.182. The van der Waals surface area contributed by atoms with Crippen LogP contribution in [0.3, 0.4) is 0 Å². The lowest BCUT2D eigenvalue weighted by atomic mass is 10.0. The van der Waals surface area contributed by atoms with Gasteiger partial charge in [0.2, 0.25) is 0 Å². The zero-order valence-electron chi connectivity index (χ0n) is 15.7. The van der Waals surface area contributed by atoms with E-state index in [1.165, 1.54) is 0 Å². The molecule has 0 saturated heterocycles. The van der Waals surface area contributed by atoms with Crippen molar-refractivity contribution in [3.63, 3.8) is 0 Å². The molecule has 0 aliphatic heterocycles. The average molecular weight is 387 g/mol. The van der Waals surface area contributed by atoms with Gasteiger partial charge < -0.3 is 13.7 Å². The van der Waals surface area contributed by atoms with Crippen LogP contribution in [0.1, 0.15) is 45.5 Å². The first-order valence-corrected chi connectivity index (χ1v) is 9.31. The summed E-state index contributed by atoms with van der Waals surface area (Å²) in [6.07, 6.45) is 5.11. The topological polar surface area (TPSA) is 91.2 Å². The van der Waals surface area contributed by atoms with Gasteiger partial charge in [0.1, 0.15) is 5.76 Å². The Morgan fingerprint density at radius 1 is 1.17 bits per heavy atom. The molecule has 3 aromatic heterocycles. The minimum atomic E-state index is -0.421. The molecule has 0 atom stereocenters. The summed E-state index contributed by atoms with van der Waals surface area (Å²) in [5, 5.41) is 4.49. The van der Waals surface area contributed by atoms with Gasteiger partial charge in [-0.2, -0.15) is 4.98 Å². The lowest BCUT2D eigenvalue weighted by Crippen LogP contribution is -2.10. The highest BCUT2D eigenvalue weighted by atomic mass is 16.6. The Hall–Kier alpha value is -3.74. The first kappa shape index (κ1) is 17.4. The minimum absolute atomic E-state index is 0.0693. The number of carbonyl (C=O) groups is 1. The van der Waals surface area contributed by atoms with E-state index in [4.69, 9.17) is 18.7 Å². The monoisotopic (exact) mass is 387 g/mol. The van der Waals surface area contributed by atoms with Crippen molar-refractivity contribution in [1.82, 2.24) is 15.1 Å². The summed E-state index contributed by atoms with van der Waals surface area (Å²) < 4.78 is 16.0. The van der Waals surface area contributed by atoms with E-state index in [1.807, 2.05) is 42.5 Å². The maximum atomic E-state index is 13.0. The lowest BCUT2D eigenvalue weighted by Gasteiger charge is -2.11. The first-order chi connectivity index (χ1) is 14.2. The second-order valence-electron chi connectivity index (χ2n) is 6.83. The fourth-order valence-electron chi connectivity index (χ4n) is 3.66. The normalized spacial score (nSPS) is 14.4. The largest absolute Gasteiger partial charge is 0.465 e. The third kappa shape index (κ3) is 3.20. The van der Waals surface area contributed by atoms with Crippen LogP contribution in [0.5, 0.6) is 0 Å². The number of nitrogens with zero attached hydrogens (tertiary/aromatic N) is 3. The van der Waals surface area contributed by atoms with Crippen LogP contribution in [-0.2, 0) is 17.8 Å². The molecule has 0 saturated carbocycles. The molecule has 0 spiro atoms. The molecule has 1 aliphatic rings. The zero-order chi connectivity index (χ0) is 19.8. The number of aromatic nitrogens is 3. The fourth-order valence-corrected chi connectivity index (χ4v) is 3.66. The van der Waals surface area contributed by atoms with Crippen molar-refractivity contribution in [1.29, 1.82) is 0 Å². The minimum Gasteiger partial charge on any atom is -0.465 e. The van der Waals surface area contributed by atoms with Crippen molar-refractivity contribution >= 4 is 28.5 Å². The summed E-state index contributed by atoms with van der Waals surface area (Å²) in [6, 6.07) is 11.3. The van der Waals surface area contributed by atoms with Gasteiger partial charge in [0.15, 0.2) is 12.4 Å². The maximum absolute atomic E-state index is 13.0. The molecule has 0 fully saturated rings. The second kappa shape index (κ2) is 7.01. The Morgan fingerprint density at radius 2 is 2.07 bits per heavy atom. The molecule has 0 bridgehead atoms. The van der Waals surface area contributed by atoms with E-state index in [1.54, 1.807) is 13.2 Å². The highest BCUT2D eigenvalue weighted by Gasteiger charge is 2.28. The Morgan fingerprint density at radius 3 is 2.86 bits per heavy atom. The average Bonchev–Trinajstić information content (AvgIpc) is 3.47. The summed E-state index contributed by atoms with van der Waals surface area (Å²) in [6.45, 7) is 1.64. The molecule has 4 aromatic rings. The van der Waals surface area contributed by atoms with Crippen LogP contribution in [0.2, 0.25) is 0 Å². The molecule has 0 amide bonds. The van der Waals surface area contributed by atoms with Crippen molar-refractivity contribution in [2.45, 2.75) is 26.4 Å². The van der Waals surface area contributed by atoms with Gasteiger partial charge in [-0.3, -0.25) is 0 Å². The van der Waals surface area contributed by atoms with Crippen LogP contribution in [-0.4, -0.2) is 21.1 Å². The molecule has 7 heteroatoms. The Balaban J connectivity index is 1.56. The number of ether oxygens (including phenoxy) is 1. The number of aryl methyl sites for hydroxylation is 1. The highest BCUT2D eigenvalue weighted by Crippen LogP contribution is 2.37. The number of fused-ring (bicyclic) bond motifs is 2. The number of furan rings is 1. The molecule has 1 aromatic carbocycles. The van der Waals surface area contributed by atoms with Crippen LogP contribution in [0.4, 0.5) is 0 Å². The predicted octanol–water partition coefficient (Wildman–Crippen LogP) is 4.36. The molecular weight excluding hydrogens is 370 g/mol. The molecule has 7 nitrogen and oxygen atoms in total. The van der Waals surface area contributed by atoms with Gasteiger partial charge in [-0.05, 0) is 55.2 Å². The molecule has 1 aliphatic carbocycles. The summed E-state index contributed by atoms with van der Waals surface area (Å²) in [5.41, 5.74) is 4.06. The van der Waals surface area contributed by atoms with E-state index >= 15 is 0 Å². The molecule has 0 N–H and O–H groups in total. The van der Waals surface area contributed by atoms with E-state index < -0.39 is 5.97 Å². The van der Waals surface area contributed by atoms with Crippen LogP contribution in [0.25, 0.3) is 22.6 Å². The number of para-hydroxylation sites is 1. The van der Waals surface area contributed by atoms with E-state index in [2.05, 4.69) is 10.1 Å². The molecule has 0 radical (unpaired) electrons. The van der Waals surface area contributed by atoms with Gasteiger partial charge in [-0.15, -0.1) is 0 Å². The summed E-state index contributed by atoms with van der Waals surface area (Å²) in [4.78, 5) is 21.9. The van der Waals surface area contributed by atoms with Crippen molar-refractivity contribution in [3.05, 3.63) is 77.0 Å². The lowest BCUT2D eigenvalue weighted by molar-refractivity contribution is 0.0431. The standard InChI is InChI=1S/C22H17N3O4/c1-13-23-19(29-25-13)12-28-22(26)20-16-6-2-3-7-18(16)24-21-14(8-9-17(20)21)11-15-5-4-10-27-15/h2-7,10-11H,8-9,12H2,1H3/b14-11+. The number of hydrogen-bond acceptors (Lipinski definition) is 7. The summed E-state index contributed by atoms with van der Waals surface area (Å²) >= 11 is 0. The molecule has 0 unspecified atom stereocenters. The number of carbonyl (C=O) groups excluding carboxylic acids is 1. The second-order valence-corrected chi connectivity index (χ2v) is 6.83. The van der Waals surface area contributed by atoms with Crippen LogP contribution >= 0.6 is 0 Å². The SMILES string of the molecule is Cc1noc(COC(=O)c2c3c(nc4ccccc24)/C(=C/c2ccco2)CC3)n1. The van der Waals surface area contributed by atoms with E-state index in [-0.39, 0.29) is 12.5 Å². The van der Waals surface area contributed by atoms with Gasteiger partial charge in [0.25, 0.3) is 5.89 Å². The summed E-state index contributed by atoms with van der Waals surface area (Å²) in [7, 11) is 0. The molecule has 3 heterocycles. The number of allylic oxidation sites excluding steroid dienone is 1. The maximum Gasteiger partial charge on any atom is 0.339 e. The smallest absolute Gasteiger partial charge is 0.339 e. The highest BCUT2D eigenvalue weighted by molar-refractivity contribution is 6.07. The van der Waals surface area contributed by atoms with Crippen molar-refractivity contribution < 1.29 is 18.5 Å². The van der Waals surface area contributed by atoms with Crippen LogP contribution in [0, 0.1) is 6.92 Å². The zero-order valence-corrected chi connectivity index (χ0v) is 15.7. The number of hydrogen-bond donors (Lipinski definition) is 0. The van der Waals surface area contributed by atoms with E-state index in [9.17, 15) is 4.79 Å². The van der Waals surface area contributed by atoms with Gasteiger partial charge in [0, 0.05) is 5.39 Å². The van der Waals surface area contributed by atoms with Crippen molar-refractivity contribution in [2.75, 3.05) is 0 Å². The Labute approximate surface area is 166 Å². The van der Waals surface area contributed by atoms with Crippen molar-refractivity contribution in [2.24, 2.45) is 0 Å². The van der Waals surface area contributed by atoms with Gasteiger partial charge in [0.05, 0.1) is 23.0 Å². The molecule has 144 valence electrons. The third-order valence-electron chi connectivity index (χ3n) is 4.90. The Kier molecular flexibility index (Phi) is 4.20. The molecule has 5 rings (SSSR count). The molecular formula is C22H17N3O4. The number of pyridine rings is 1. The van der Waals surface area contributed by atoms with Gasteiger partial charge >= 0.3 is 5.97 Å². The van der Waals surface area contributed by atoms with Gasteiger partial charge in [-0.25, -0.2) is 9.78 Å². The Bertz CT molecular complexity index is 1240. The molecule has 29 heavy (non-hydrogen) atoms. The van der Waals surface area contributed by atoms with Crippen LogP contribution < -0.4 is 0 Å². The predicted molar refractivity (Wildman–Crippen MR) is 105 cm³/mol. The number of benzene rings is 1. The van der Waals surface area contributed by atoms with Crippen molar-refractivity contribution in [3.8, 4) is 0 Å². The van der Waals surface area contributed by atoms with E-state index in [0.29, 0.717) is 17.8 Å². The van der Waals surface area contributed by atoms with Crippen LogP contribution in [0.15, 0.2) is 51.6 Å².